The van der Waals surface area contributed by atoms with E-state index in [9.17, 15) is 13.2 Å². The maximum absolute atomic E-state index is 13.0. The van der Waals surface area contributed by atoms with Crippen molar-refractivity contribution >= 4 is 21.5 Å². The van der Waals surface area contributed by atoms with Gasteiger partial charge in [0, 0.05) is 6.42 Å². The van der Waals surface area contributed by atoms with Gasteiger partial charge in [-0.15, -0.1) is 0 Å². The van der Waals surface area contributed by atoms with Crippen LogP contribution in [-0.4, -0.2) is 30.8 Å². The molecule has 1 amide bonds. The van der Waals surface area contributed by atoms with E-state index in [0.29, 0.717) is 12.2 Å². The monoisotopic (exact) mass is 408 g/mol. The molecule has 0 saturated heterocycles. The van der Waals surface area contributed by atoms with Crippen LogP contribution in [-0.2, 0) is 14.6 Å². The van der Waals surface area contributed by atoms with Crippen LogP contribution in [0.4, 0.5) is 0 Å². The zero-order chi connectivity index (χ0) is 20.4. The van der Waals surface area contributed by atoms with Crippen molar-refractivity contribution in [3.05, 3.63) is 89.9 Å². The third-order valence-electron chi connectivity index (χ3n) is 4.84. The first-order valence-electron chi connectivity index (χ1n) is 9.22. The maximum Gasteiger partial charge on any atom is 0.258 e. The highest BCUT2D eigenvalue weighted by molar-refractivity contribution is 7.92. The Labute approximate surface area is 169 Å². The highest BCUT2D eigenvalue weighted by Gasteiger charge is 2.36. The molecule has 3 aromatic rings. The molecular formula is C22H20N2O4S. The fraction of sp³-hybridized carbons (Fsp3) is 0.182. The van der Waals surface area contributed by atoms with E-state index in [1.165, 1.54) is 23.4 Å². The number of nitrogens with zero attached hydrogens (tertiary/aromatic N) is 2. The lowest BCUT2D eigenvalue weighted by Gasteiger charge is -2.19. The van der Waals surface area contributed by atoms with Gasteiger partial charge < -0.3 is 4.42 Å². The minimum atomic E-state index is -3.77. The number of furan rings is 1. The molecule has 4 rings (SSSR count). The van der Waals surface area contributed by atoms with E-state index in [1.54, 1.807) is 30.3 Å². The summed E-state index contributed by atoms with van der Waals surface area (Å²) in [5.41, 5.74) is 2.74. The molecule has 29 heavy (non-hydrogen) atoms. The number of rotatable bonds is 5. The molecule has 1 aromatic heterocycles. The number of benzene rings is 2. The molecule has 1 unspecified atom stereocenters. The molecule has 1 atom stereocenters. The van der Waals surface area contributed by atoms with Crippen LogP contribution in [0.25, 0.3) is 0 Å². The first-order chi connectivity index (χ1) is 13.9. The summed E-state index contributed by atoms with van der Waals surface area (Å²) in [7, 11) is -3.77. The van der Waals surface area contributed by atoms with E-state index < -0.39 is 27.5 Å². The van der Waals surface area contributed by atoms with Crippen LogP contribution < -0.4 is 0 Å². The third-order valence-corrected chi connectivity index (χ3v) is 6.46. The number of sulfone groups is 1. The van der Waals surface area contributed by atoms with Crippen LogP contribution in [0.3, 0.4) is 0 Å². The average molecular weight is 408 g/mol. The maximum atomic E-state index is 13.0. The van der Waals surface area contributed by atoms with Crippen molar-refractivity contribution in [2.45, 2.75) is 24.3 Å². The Morgan fingerprint density at radius 3 is 2.45 bits per heavy atom. The fourth-order valence-corrected chi connectivity index (χ4v) is 4.50. The summed E-state index contributed by atoms with van der Waals surface area (Å²) in [5.74, 6) is -0.669. The van der Waals surface area contributed by atoms with E-state index in [1.807, 2.05) is 31.2 Å². The van der Waals surface area contributed by atoms with Crippen molar-refractivity contribution < 1.29 is 17.6 Å². The molecule has 0 radical (unpaired) electrons. The topological polar surface area (TPSA) is 80.0 Å². The van der Waals surface area contributed by atoms with E-state index in [2.05, 4.69) is 5.10 Å². The standard InChI is InChI=1S/C22H20N2O4S/c1-16-9-11-17(12-10-16)19-14-20(21-8-5-13-28-21)24(23-19)22(25)15-29(26,27)18-6-3-2-4-7-18/h2-13,20H,14-15H2,1H3. The van der Waals surface area contributed by atoms with Crippen LogP contribution in [0.5, 0.6) is 0 Å². The molecule has 0 bridgehead atoms. The number of carbonyl (C=O) groups is 1. The summed E-state index contributed by atoms with van der Waals surface area (Å²) < 4.78 is 30.8. The molecule has 0 fully saturated rings. The SMILES string of the molecule is Cc1ccc(C2=NN(C(=O)CS(=O)(=O)c3ccccc3)C(c3ccco3)C2)cc1. The third kappa shape index (κ3) is 4.00. The first kappa shape index (κ1) is 19.1. The van der Waals surface area contributed by atoms with E-state index in [-0.39, 0.29) is 4.90 Å². The highest BCUT2D eigenvalue weighted by atomic mass is 32.2. The zero-order valence-electron chi connectivity index (χ0n) is 15.9. The molecule has 1 aliphatic heterocycles. The normalized spacial score (nSPS) is 16.7. The van der Waals surface area contributed by atoms with Gasteiger partial charge in [0.25, 0.3) is 5.91 Å². The predicted molar refractivity (Wildman–Crippen MR) is 109 cm³/mol. The second kappa shape index (κ2) is 7.67. The molecule has 148 valence electrons. The Morgan fingerprint density at radius 1 is 1.07 bits per heavy atom. The Balaban J connectivity index is 1.64. The van der Waals surface area contributed by atoms with Gasteiger partial charge in [0.2, 0.25) is 0 Å². The first-order valence-corrected chi connectivity index (χ1v) is 10.9. The van der Waals surface area contributed by atoms with Crippen LogP contribution in [0.15, 0.2) is 87.4 Å². The molecule has 0 spiro atoms. The Bertz CT molecular complexity index is 1140. The van der Waals surface area contributed by atoms with Crippen LogP contribution in [0.2, 0.25) is 0 Å². The van der Waals surface area contributed by atoms with Gasteiger partial charge in [-0.3, -0.25) is 4.79 Å². The van der Waals surface area contributed by atoms with Crippen molar-refractivity contribution in [1.82, 2.24) is 5.01 Å². The minimum absolute atomic E-state index is 0.116. The number of hydrazone groups is 1. The van der Waals surface area contributed by atoms with Crippen molar-refractivity contribution in [3.8, 4) is 0 Å². The van der Waals surface area contributed by atoms with Crippen molar-refractivity contribution in [2.75, 3.05) is 5.75 Å². The van der Waals surface area contributed by atoms with E-state index in [4.69, 9.17) is 4.42 Å². The summed E-state index contributed by atoms with van der Waals surface area (Å²) in [6.07, 6.45) is 1.98. The number of amides is 1. The van der Waals surface area contributed by atoms with Crippen molar-refractivity contribution in [3.63, 3.8) is 0 Å². The molecule has 2 aromatic carbocycles. The molecule has 6 nitrogen and oxygen atoms in total. The van der Waals surface area contributed by atoms with Crippen LogP contribution >= 0.6 is 0 Å². The van der Waals surface area contributed by atoms with Gasteiger partial charge >= 0.3 is 0 Å². The van der Waals surface area contributed by atoms with Crippen LogP contribution in [0, 0.1) is 6.92 Å². The predicted octanol–water partition coefficient (Wildman–Crippen LogP) is 3.74. The average Bonchev–Trinajstić information content (AvgIpc) is 3.39. The Morgan fingerprint density at radius 2 is 1.79 bits per heavy atom. The molecule has 2 heterocycles. The van der Waals surface area contributed by atoms with Gasteiger partial charge in [0.05, 0.1) is 16.9 Å². The Hall–Kier alpha value is -3.19. The molecule has 0 N–H and O–H groups in total. The summed E-state index contributed by atoms with van der Waals surface area (Å²) >= 11 is 0. The lowest BCUT2D eigenvalue weighted by molar-refractivity contribution is -0.130. The Kier molecular flexibility index (Phi) is 5.07. The molecule has 0 aliphatic carbocycles. The number of aryl methyl sites for hydroxylation is 1. The van der Waals surface area contributed by atoms with Gasteiger partial charge in [0.1, 0.15) is 17.6 Å². The highest BCUT2D eigenvalue weighted by Crippen LogP contribution is 2.33. The van der Waals surface area contributed by atoms with Gasteiger partial charge in [-0.05, 0) is 36.8 Å². The number of carbonyl (C=O) groups excluding carboxylic acids is 1. The van der Waals surface area contributed by atoms with Gasteiger partial charge in [-0.1, -0.05) is 48.0 Å². The lowest BCUT2D eigenvalue weighted by atomic mass is 10.0. The second-order valence-electron chi connectivity index (χ2n) is 6.96. The number of hydrogen-bond donors (Lipinski definition) is 0. The lowest BCUT2D eigenvalue weighted by Crippen LogP contribution is -2.32. The molecule has 7 heteroatoms. The number of hydrogen-bond acceptors (Lipinski definition) is 5. The largest absolute Gasteiger partial charge is 0.467 e. The zero-order valence-corrected chi connectivity index (χ0v) is 16.7. The van der Waals surface area contributed by atoms with Gasteiger partial charge in [0.15, 0.2) is 9.84 Å². The second-order valence-corrected chi connectivity index (χ2v) is 8.95. The van der Waals surface area contributed by atoms with Crippen molar-refractivity contribution in [1.29, 1.82) is 0 Å². The summed E-state index contributed by atoms with van der Waals surface area (Å²) in [4.78, 5) is 13.1. The molecule has 0 saturated carbocycles. The van der Waals surface area contributed by atoms with Gasteiger partial charge in [-0.2, -0.15) is 5.10 Å². The van der Waals surface area contributed by atoms with E-state index in [0.717, 1.165) is 16.8 Å². The van der Waals surface area contributed by atoms with Crippen molar-refractivity contribution in [2.24, 2.45) is 5.10 Å². The van der Waals surface area contributed by atoms with Crippen LogP contribution in [0.1, 0.15) is 29.3 Å². The molecular weight excluding hydrogens is 388 g/mol. The smallest absolute Gasteiger partial charge is 0.258 e. The summed E-state index contributed by atoms with van der Waals surface area (Å²) in [5, 5.41) is 5.72. The van der Waals surface area contributed by atoms with Gasteiger partial charge in [-0.25, -0.2) is 13.4 Å². The minimum Gasteiger partial charge on any atom is -0.467 e. The summed E-state index contributed by atoms with van der Waals surface area (Å²) in [6, 6.07) is 18.8. The van der Waals surface area contributed by atoms with E-state index >= 15 is 0 Å². The quantitative estimate of drug-likeness (QED) is 0.644. The summed E-state index contributed by atoms with van der Waals surface area (Å²) in [6.45, 7) is 2.00. The fourth-order valence-electron chi connectivity index (χ4n) is 3.30. The molecule has 1 aliphatic rings.